The fourth-order valence-corrected chi connectivity index (χ4v) is 2.97. The van der Waals surface area contributed by atoms with E-state index in [4.69, 9.17) is 0 Å². The van der Waals surface area contributed by atoms with Crippen molar-refractivity contribution in [2.24, 2.45) is 0 Å². The largest absolute Gasteiger partial charge is 0.416 e. The normalized spacial score (nSPS) is 11.4. The molecule has 0 unspecified atom stereocenters. The Balaban J connectivity index is 1.89. The first-order valence-electron chi connectivity index (χ1n) is 7.55. The van der Waals surface area contributed by atoms with E-state index in [-0.39, 0.29) is 11.4 Å². The van der Waals surface area contributed by atoms with Crippen molar-refractivity contribution in [2.75, 3.05) is 5.32 Å². The number of amides is 1. The van der Waals surface area contributed by atoms with Gasteiger partial charge in [-0.25, -0.2) is 4.68 Å². The lowest BCUT2D eigenvalue weighted by Gasteiger charge is -2.09. The van der Waals surface area contributed by atoms with E-state index in [2.05, 4.69) is 33.0 Å². The molecule has 1 N–H and O–H groups in total. The van der Waals surface area contributed by atoms with Crippen molar-refractivity contribution < 1.29 is 18.0 Å². The molecule has 0 aliphatic rings. The number of rotatable bonds is 3. The molecule has 0 saturated carbocycles. The van der Waals surface area contributed by atoms with Gasteiger partial charge in [0.05, 0.1) is 11.3 Å². The Kier molecular flexibility index (Phi) is 5.03. The van der Waals surface area contributed by atoms with E-state index in [1.165, 1.54) is 22.9 Å². The molecule has 1 aromatic heterocycles. The Bertz CT molecular complexity index is 966. The van der Waals surface area contributed by atoms with Gasteiger partial charge in [-0.05, 0) is 72.0 Å². The molecule has 0 radical (unpaired) electrons. The number of benzene rings is 2. The molecule has 0 aliphatic carbocycles. The summed E-state index contributed by atoms with van der Waals surface area (Å²) in [4.78, 5) is 12.4. The highest BCUT2D eigenvalue weighted by atomic mass is 127. The third-order valence-electron chi connectivity index (χ3n) is 3.62. The summed E-state index contributed by atoms with van der Waals surface area (Å²) in [6.45, 7) is 1.68. The monoisotopic (exact) mass is 471 g/mol. The Hall–Kier alpha value is -2.36. The first-order chi connectivity index (χ1) is 12.2. The highest BCUT2D eigenvalue weighted by molar-refractivity contribution is 14.1. The number of carbonyl (C=O) groups excluding carboxylic acids is 1. The van der Waals surface area contributed by atoms with E-state index in [1.54, 1.807) is 19.1 Å². The van der Waals surface area contributed by atoms with E-state index in [0.717, 1.165) is 15.7 Å². The molecule has 2 aromatic carbocycles. The molecular formula is C18H13F3IN3O. The standard InChI is InChI=1S/C18H13F3IN3O/c1-11-8-16(17(26)23-14-6-3-5-13(22)10-14)24-25(11)15-7-2-4-12(9-15)18(19,20)21/h2-10H,1H3,(H,23,26). The molecule has 1 heterocycles. The van der Waals surface area contributed by atoms with Crippen molar-refractivity contribution >= 4 is 34.2 Å². The zero-order valence-corrected chi connectivity index (χ0v) is 15.7. The third-order valence-corrected chi connectivity index (χ3v) is 4.29. The van der Waals surface area contributed by atoms with Gasteiger partial charge in [0.2, 0.25) is 0 Å². The lowest BCUT2D eigenvalue weighted by Crippen LogP contribution is -2.13. The fourth-order valence-electron chi connectivity index (χ4n) is 2.42. The molecule has 134 valence electrons. The van der Waals surface area contributed by atoms with E-state index in [0.29, 0.717) is 11.4 Å². The molecular weight excluding hydrogens is 458 g/mol. The number of aryl methyl sites for hydroxylation is 1. The number of hydrogen-bond acceptors (Lipinski definition) is 2. The van der Waals surface area contributed by atoms with Crippen molar-refractivity contribution in [3.63, 3.8) is 0 Å². The fraction of sp³-hybridized carbons (Fsp3) is 0.111. The number of nitrogens with one attached hydrogen (secondary N) is 1. The maximum Gasteiger partial charge on any atom is 0.416 e. The van der Waals surface area contributed by atoms with E-state index < -0.39 is 17.6 Å². The van der Waals surface area contributed by atoms with Gasteiger partial charge >= 0.3 is 6.18 Å². The summed E-state index contributed by atoms with van der Waals surface area (Å²) in [7, 11) is 0. The highest BCUT2D eigenvalue weighted by Crippen LogP contribution is 2.30. The predicted octanol–water partition coefficient (Wildman–Crippen LogP) is 5.06. The summed E-state index contributed by atoms with van der Waals surface area (Å²) >= 11 is 2.13. The molecule has 0 atom stereocenters. The Morgan fingerprint density at radius 3 is 2.54 bits per heavy atom. The van der Waals surface area contributed by atoms with E-state index >= 15 is 0 Å². The first-order valence-corrected chi connectivity index (χ1v) is 8.63. The number of alkyl halides is 3. The topological polar surface area (TPSA) is 46.9 Å². The summed E-state index contributed by atoms with van der Waals surface area (Å²) in [6, 6.07) is 13.6. The van der Waals surface area contributed by atoms with Gasteiger partial charge < -0.3 is 5.32 Å². The van der Waals surface area contributed by atoms with Gasteiger partial charge in [-0.1, -0.05) is 12.1 Å². The lowest BCUT2D eigenvalue weighted by atomic mass is 10.2. The van der Waals surface area contributed by atoms with Crippen LogP contribution >= 0.6 is 22.6 Å². The third kappa shape index (κ3) is 4.06. The Morgan fingerprint density at radius 2 is 1.85 bits per heavy atom. The number of aromatic nitrogens is 2. The molecule has 0 fully saturated rings. The van der Waals surface area contributed by atoms with Gasteiger partial charge in [0.1, 0.15) is 0 Å². The van der Waals surface area contributed by atoms with E-state index in [1.807, 2.05) is 12.1 Å². The van der Waals surface area contributed by atoms with Crippen molar-refractivity contribution in [3.8, 4) is 5.69 Å². The number of hydrogen-bond donors (Lipinski definition) is 1. The van der Waals surface area contributed by atoms with Crippen LogP contribution in [0, 0.1) is 10.5 Å². The van der Waals surface area contributed by atoms with Crippen LogP contribution < -0.4 is 5.32 Å². The van der Waals surface area contributed by atoms with Crippen LogP contribution in [0.15, 0.2) is 54.6 Å². The summed E-state index contributed by atoms with van der Waals surface area (Å²) < 4.78 is 41.0. The van der Waals surface area contributed by atoms with E-state index in [9.17, 15) is 18.0 Å². The van der Waals surface area contributed by atoms with Crippen LogP contribution in [0.2, 0.25) is 0 Å². The van der Waals surface area contributed by atoms with Crippen LogP contribution in [-0.4, -0.2) is 15.7 Å². The van der Waals surface area contributed by atoms with Crippen LogP contribution in [0.5, 0.6) is 0 Å². The SMILES string of the molecule is Cc1cc(C(=O)Nc2cccc(I)c2)nn1-c1cccc(C(F)(F)F)c1. The average molecular weight is 471 g/mol. The van der Waals surface area contributed by atoms with Crippen molar-refractivity contribution in [1.82, 2.24) is 9.78 Å². The first kappa shape index (κ1) is 18.4. The van der Waals surface area contributed by atoms with Crippen LogP contribution in [0.1, 0.15) is 21.7 Å². The number of anilines is 1. The second-order valence-corrected chi connectivity index (χ2v) is 6.84. The number of halogens is 4. The van der Waals surface area contributed by atoms with Crippen LogP contribution in [0.3, 0.4) is 0 Å². The van der Waals surface area contributed by atoms with Gasteiger partial charge in [0.25, 0.3) is 5.91 Å². The minimum Gasteiger partial charge on any atom is -0.321 e. The Labute approximate surface area is 161 Å². The van der Waals surface area contributed by atoms with Crippen LogP contribution in [0.4, 0.5) is 18.9 Å². The van der Waals surface area contributed by atoms with Crippen LogP contribution in [0.25, 0.3) is 5.69 Å². The van der Waals surface area contributed by atoms with Crippen molar-refractivity contribution in [3.05, 3.63) is 75.1 Å². The zero-order valence-electron chi connectivity index (χ0n) is 13.5. The Morgan fingerprint density at radius 1 is 1.12 bits per heavy atom. The molecule has 3 aromatic rings. The lowest BCUT2D eigenvalue weighted by molar-refractivity contribution is -0.137. The molecule has 0 bridgehead atoms. The number of carbonyl (C=O) groups is 1. The van der Waals surface area contributed by atoms with Crippen LogP contribution in [-0.2, 0) is 6.18 Å². The molecule has 0 aliphatic heterocycles. The summed E-state index contributed by atoms with van der Waals surface area (Å²) in [5.74, 6) is -0.430. The van der Waals surface area contributed by atoms with Crippen molar-refractivity contribution in [2.45, 2.75) is 13.1 Å². The summed E-state index contributed by atoms with van der Waals surface area (Å²) in [5, 5.41) is 6.88. The quantitative estimate of drug-likeness (QED) is 0.544. The molecule has 0 saturated heterocycles. The molecule has 8 heteroatoms. The number of nitrogens with zero attached hydrogens (tertiary/aromatic N) is 2. The second kappa shape index (κ2) is 7.10. The second-order valence-electron chi connectivity index (χ2n) is 5.60. The average Bonchev–Trinajstić information content (AvgIpc) is 2.96. The summed E-state index contributed by atoms with van der Waals surface area (Å²) in [6.07, 6.45) is -4.44. The van der Waals surface area contributed by atoms with Gasteiger partial charge in [-0.2, -0.15) is 18.3 Å². The highest BCUT2D eigenvalue weighted by Gasteiger charge is 2.30. The summed E-state index contributed by atoms with van der Waals surface area (Å²) in [5.41, 5.74) is 0.768. The van der Waals surface area contributed by atoms with Gasteiger partial charge in [-0.15, -0.1) is 0 Å². The van der Waals surface area contributed by atoms with Crippen molar-refractivity contribution in [1.29, 1.82) is 0 Å². The van der Waals surface area contributed by atoms with Gasteiger partial charge in [0.15, 0.2) is 5.69 Å². The smallest absolute Gasteiger partial charge is 0.321 e. The zero-order chi connectivity index (χ0) is 18.9. The molecule has 4 nitrogen and oxygen atoms in total. The minimum absolute atomic E-state index is 0.124. The maximum absolute atomic E-state index is 12.9. The molecule has 0 spiro atoms. The van der Waals surface area contributed by atoms with Gasteiger partial charge in [0, 0.05) is 15.0 Å². The predicted molar refractivity (Wildman–Crippen MR) is 100 cm³/mol. The minimum atomic E-state index is -4.44. The molecule has 26 heavy (non-hydrogen) atoms. The maximum atomic E-state index is 12.9. The van der Waals surface area contributed by atoms with Gasteiger partial charge in [-0.3, -0.25) is 4.79 Å². The molecule has 1 amide bonds. The molecule has 3 rings (SSSR count).